The SMILES string of the molecule is CCN(CC)c1cccc(-c2nc3cc(COCCC(CCOCc4ccc5c(c4)nc(-c4cccc(N(CC)CC)n4)n5CC)CCOCc4ccc5c(c4)nc(-c4cccc(N(CC)CC)n4)n5CC)ccc3n2CC)n1. The molecule has 79 heavy (non-hydrogen) atoms. The van der Waals surface area contributed by atoms with Crippen LogP contribution >= 0.6 is 0 Å². The molecule has 0 aliphatic carbocycles. The van der Waals surface area contributed by atoms with Gasteiger partial charge in [-0.25, -0.2) is 29.9 Å². The Balaban J connectivity index is 0.852. The summed E-state index contributed by atoms with van der Waals surface area (Å²) in [7, 11) is 0. The van der Waals surface area contributed by atoms with Crippen LogP contribution in [0.4, 0.5) is 17.5 Å². The lowest BCUT2D eigenvalue weighted by Gasteiger charge is -2.20. The molecule has 0 spiro atoms. The van der Waals surface area contributed by atoms with Gasteiger partial charge < -0.3 is 42.6 Å². The Labute approximate surface area is 467 Å². The van der Waals surface area contributed by atoms with Crippen LogP contribution in [0.5, 0.6) is 0 Å². The molecule has 0 saturated carbocycles. The third-order valence-electron chi connectivity index (χ3n) is 15.4. The van der Waals surface area contributed by atoms with Gasteiger partial charge in [0, 0.05) is 78.7 Å². The molecule has 6 aromatic heterocycles. The number of hydrogen-bond donors (Lipinski definition) is 0. The summed E-state index contributed by atoms with van der Waals surface area (Å²) >= 11 is 0. The molecule has 0 amide bonds. The predicted octanol–water partition coefficient (Wildman–Crippen LogP) is 13.3. The number of aromatic nitrogens is 9. The van der Waals surface area contributed by atoms with Gasteiger partial charge in [0.05, 0.1) is 52.9 Å². The maximum atomic E-state index is 6.45. The number of anilines is 3. The zero-order chi connectivity index (χ0) is 55.3. The van der Waals surface area contributed by atoms with E-state index in [2.05, 4.69) is 200 Å². The minimum absolute atomic E-state index is 0.333. The summed E-state index contributed by atoms with van der Waals surface area (Å²) in [6.45, 7) is 30.6. The van der Waals surface area contributed by atoms with Crippen LogP contribution in [0.15, 0.2) is 109 Å². The summed E-state index contributed by atoms with van der Waals surface area (Å²) in [6.07, 6.45) is 2.66. The molecule has 0 aliphatic rings. The van der Waals surface area contributed by atoms with Crippen LogP contribution in [-0.2, 0) is 53.7 Å². The molecule has 0 N–H and O–H groups in total. The fourth-order valence-electron chi connectivity index (χ4n) is 10.9. The molecule has 0 aliphatic heterocycles. The van der Waals surface area contributed by atoms with Crippen LogP contribution in [0.25, 0.3) is 67.7 Å². The zero-order valence-electron chi connectivity index (χ0n) is 48.3. The highest BCUT2D eigenvalue weighted by Gasteiger charge is 2.19. The average molecular weight is 1070 g/mol. The molecule has 0 unspecified atom stereocenters. The topological polar surface area (TPSA) is 130 Å². The van der Waals surface area contributed by atoms with Crippen LogP contribution < -0.4 is 14.7 Å². The molecule has 416 valence electrons. The maximum absolute atomic E-state index is 6.45. The number of pyridine rings is 3. The second-order valence-corrected chi connectivity index (χ2v) is 20.1. The minimum atomic E-state index is 0.333. The molecular weight excluding hydrogens is 985 g/mol. The van der Waals surface area contributed by atoms with Gasteiger partial charge in [-0.3, -0.25) is 0 Å². The molecule has 15 nitrogen and oxygen atoms in total. The van der Waals surface area contributed by atoms with Crippen molar-refractivity contribution in [2.45, 2.75) is 121 Å². The summed E-state index contributed by atoms with van der Waals surface area (Å²) in [4.78, 5) is 37.3. The number of benzene rings is 3. The molecule has 0 saturated heterocycles. The summed E-state index contributed by atoms with van der Waals surface area (Å²) in [5, 5.41) is 0. The summed E-state index contributed by atoms with van der Waals surface area (Å²) in [5.41, 5.74) is 12.1. The highest BCUT2D eigenvalue weighted by Crippen LogP contribution is 2.30. The Bertz CT molecular complexity index is 3050. The Morgan fingerprint density at radius 3 is 0.924 bits per heavy atom. The quantitative estimate of drug-likeness (QED) is 0.0397. The van der Waals surface area contributed by atoms with Gasteiger partial charge in [0.2, 0.25) is 0 Å². The van der Waals surface area contributed by atoms with Crippen molar-refractivity contribution in [2.24, 2.45) is 5.92 Å². The second-order valence-electron chi connectivity index (χ2n) is 20.1. The molecule has 9 rings (SSSR count). The van der Waals surface area contributed by atoms with Crippen LogP contribution in [0.3, 0.4) is 0 Å². The predicted molar refractivity (Wildman–Crippen MR) is 323 cm³/mol. The normalized spacial score (nSPS) is 11.8. The standard InChI is InChI=1S/C64H82N12O3/c1-10-71(11-2)59-25-19-22-50(65-59)62-68-53-40-47(28-31-56(53)74(62)16-7)43-77-37-34-46(35-38-78-44-48-29-32-57-54(41-48)69-63(75(57)17-8)51-23-20-26-60(66-51)72(12-3)13-4)36-39-79-45-49-30-33-58-55(42-49)70-64(76(58)18-9)52-24-21-27-61(67-52)73(14-5)15-6/h19-33,40-42,46H,10-18,34-39,43-45H2,1-9H3. The summed E-state index contributed by atoms with van der Waals surface area (Å²) in [6, 6.07) is 38.2. The molecule has 9 aromatic rings. The molecule has 0 radical (unpaired) electrons. The van der Waals surface area contributed by atoms with Crippen LogP contribution in [0.1, 0.15) is 98.3 Å². The number of ether oxygens (including phenoxy) is 3. The van der Waals surface area contributed by atoms with Crippen LogP contribution in [-0.4, -0.2) is 103 Å². The van der Waals surface area contributed by atoms with E-state index < -0.39 is 0 Å². The number of nitrogens with zero attached hydrogens (tertiary/aromatic N) is 12. The van der Waals surface area contributed by atoms with E-state index in [0.29, 0.717) is 45.6 Å². The van der Waals surface area contributed by atoms with E-state index in [9.17, 15) is 0 Å². The summed E-state index contributed by atoms with van der Waals surface area (Å²) < 4.78 is 26.1. The first-order valence-electron chi connectivity index (χ1n) is 29.1. The van der Waals surface area contributed by atoms with Crippen molar-refractivity contribution >= 4 is 50.6 Å². The Morgan fingerprint density at radius 1 is 0.367 bits per heavy atom. The molecule has 0 atom stereocenters. The van der Waals surface area contributed by atoms with Crippen LogP contribution in [0.2, 0.25) is 0 Å². The first-order chi connectivity index (χ1) is 38.7. The van der Waals surface area contributed by atoms with Crippen molar-refractivity contribution in [3.05, 3.63) is 126 Å². The van der Waals surface area contributed by atoms with Gasteiger partial charge in [0.25, 0.3) is 0 Å². The van der Waals surface area contributed by atoms with Gasteiger partial charge in [0.1, 0.15) is 34.5 Å². The number of imidazole rings is 3. The molecular formula is C64H82N12O3. The fraction of sp³-hybridized carbons (Fsp3) is 0.438. The third-order valence-corrected chi connectivity index (χ3v) is 15.4. The molecule has 3 aromatic carbocycles. The van der Waals surface area contributed by atoms with E-state index >= 15 is 0 Å². The highest BCUT2D eigenvalue weighted by atomic mass is 16.5. The molecule has 6 heterocycles. The van der Waals surface area contributed by atoms with Gasteiger partial charge in [-0.15, -0.1) is 0 Å². The Morgan fingerprint density at radius 2 is 0.658 bits per heavy atom. The average Bonchev–Trinajstić information content (AvgIpc) is 4.28. The number of aryl methyl sites for hydroxylation is 3. The van der Waals surface area contributed by atoms with Crippen molar-refractivity contribution in [1.29, 1.82) is 0 Å². The monoisotopic (exact) mass is 1070 g/mol. The smallest absolute Gasteiger partial charge is 0.159 e. The lowest BCUT2D eigenvalue weighted by Crippen LogP contribution is -2.23. The van der Waals surface area contributed by atoms with Gasteiger partial charge in [-0.1, -0.05) is 36.4 Å². The van der Waals surface area contributed by atoms with Crippen molar-refractivity contribution in [3.8, 4) is 34.6 Å². The van der Waals surface area contributed by atoms with E-state index in [1.54, 1.807) is 0 Å². The van der Waals surface area contributed by atoms with Crippen molar-refractivity contribution < 1.29 is 14.2 Å². The van der Waals surface area contributed by atoms with E-state index in [4.69, 9.17) is 44.1 Å². The second kappa shape index (κ2) is 27.1. The largest absolute Gasteiger partial charge is 0.377 e. The van der Waals surface area contributed by atoms with E-state index in [0.717, 1.165) is 180 Å². The van der Waals surface area contributed by atoms with E-state index in [1.165, 1.54) is 0 Å². The molecule has 0 fully saturated rings. The van der Waals surface area contributed by atoms with Gasteiger partial charge in [-0.2, -0.15) is 0 Å². The third kappa shape index (κ3) is 13.0. The number of fused-ring (bicyclic) bond motifs is 3. The summed E-state index contributed by atoms with van der Waals surface area (Å²) in [5.74, 6) is 5.90. The van der Waals surface area contributed by atoms with Crippen molar-refractivity contribution in [3.63, 3.8) is 0 Å². The van der Waals surface area contributed by atoms with Gasteiger partial charge >= 0.3 is 0 Å². The fourth-order valence-corrected chi connectivity index (χ4v) is 10.9. The first-order valence-corrected chi connectivity index (χ1v) is 29.1. The lowest BCUT2D eigenvalue weighted by atomic mass is 9.99. The van der Waals surface area contributed by atoms with E-state index in [-0.39, 0.29) is 0 Å². The highest BCUT2D eigenvalue weighted by molar-refractivity contribution is 5.83. The van der Waals surface area contributed by atoms with Crippen molar-refractivity contribution in [2.75, 3.05) is 73.8 Å². The Kier molecular flexibility index (Phi) is 19.4. The molecule has 0 bridgehead atoms. The van der Waals surface area contributed by atoms with Crippen LogP contribution in [0, 0.1) is 5.92 Å². The van der Waals surface area contributed by atoms with Gasteiger partial charge in [-0.05, 0) is 177 Å². The maximum Gasteiger partial charge on any atom is 0.159 e. The first kappa shape index (κ1) is 56.5. The van der Waals surface area contributed by atoms with E-state index in [1.807, 2.05) is 0 Å². The van der Waals surface area contributed by atoms with Gasteiger partial charge in [0.15, 0.2) is 17.5 Å². The molecule has 15 heteroatoms. The minimum Gasteiger partial charge on any atom is -0.377 e. The Hall–Kier alpha value is -7.20. The lowest BCUT2D eigenvalue weighted by molar-refractivity contribution is 0.0641. The van der Waals surface area contributed by atoms with Crippen molar-refractivity contribution in [1.82, 2.24) is 43.6 Å². The number of hydrogen-bond acceptors (Lipinski definition) is 12. The zero-order valence-corrected chi connectivity index (χ0v) is 48.3. The number of rotatable bonds is 30.